The predicted octanol–water partition coefficient (Wildman–Crippen LogP) is 5.35. The molecule has 0 saturated carbocycles. The minimum Gasteiger partial charge on any atom is -0.338 e. The monoisotopic (exact) mass is 470 g/mol. The molecule has 2 heterocycles. The fourth-order valence-corrected chi connectivity index (χ4v) is 5.20. The number of amides is 2. The van der Waals surface area contributed by atoms with Crippen LogP contribution in [-0.4, -0.2) is 39.8 Å². The number of para-hydroxylation sites is 3. The number of H-pyrrole nitrogens is 1. The first kappa shape index (κ1) is 22.2. The predicted molar refractivity (Wildman–Crippen MR) is 136 cm³/mol. The molecule has 5 rings (SSSR count). The van der Waals surface area contributed by atoms with Crippen LogP contribution in [0.25, 0.3) is 11.0 Å². The fraction of sp³-hybridized carbons (Fsp3) is 0.222. The summed E-state index contributed by atoms with van der Waals surface area (Å²) in [5.41, 5.74) is 4.37. The maximum atomic E-state index is 13.5. The van der Waals surface area contributed by atoms with Gasteiger partial charge in [-0.15, -0.1) is 0 Å². The highest BCUT2D eigenvalue weighted by atomic mass is 32.2. The number of fused-ring (bicyclic) bond motifs is 1. The Morgan fingerprint density at radius 2 is 1.76 bits per heavy atom. The van der Waals surface area contributed by atoms with E-state index in [0.717, 1.165) is 40.3 Å². The van der Waals surface area contributed by atoms with Crippen LogP contribution in [0.4, 0.5) is 5.69 Å². The molecule has 2 N–H and O–H groups in total. The van der Waals surface area contributed by atoms with E-state index in [1.54, 1.807) is 11.8 Å². The van der Waals surface area contributed by atoms with Crippen LogP contribution < -0.4 is 5.32 Å². The lowest BCUT2D eigenvalue weighted by atomic mass is 9.96. The van der Waals surface area contributed by atoms with Crippen molar-refractivity contribution in [2.75, 3.05) is 18.4 Å². The average Bonchev–Trinajstić information content (AvgIpc) is 3.31. The quantitative estimate of drug-likeness (QED) is 0.373. The maximum Gasteiger partial charge on any atom is 0.254 e. The summed E-state index contributed by atoms with van der Waals surface area (Å²) in [4.78, 5) is 36.0. The van der Waals surface area contributed by atoms with Crippen molar-refractivity contribution in [2.24, 2.45) is 5.92 Å². The van der Waals surface area contributed by atoms with Gasteiger partial charge in [0.15, 0.2) is 5.16 Å². The molecule has 172 valence electrons. The molecule has 6 nitrogen and oxygen atoms in total. The normalized spacial score (nSPS) is 15.9. The summed E-state index contributed by atoms with van der Waals surface area (Å²) in [5, 5.41) is 3.81. The Morgan fingerprint density at radius 3 is 2.62 bits per heavy atom. The Morgan fingerprint density at radius 1 is 1.00 bits per heavy atom. The van der Waals surface area contributed by atoms with Gasteiger partial charge < -0.3 is 15.2 Å². The van der Waals surface area contributed by atoms with Gasteiger partial charge in [-0.1, -0.05) is 60.3 Å². The number of carbonyl (C=O) groups is 2. The molecular weight excluding hydrogens is 444 g/mol. The minimum atomic E-state index is -0.213. The number of nitrogens with one attached hydrogen (secondary N) is 2. The van der Waals surface area contributed by atoms with Gasteiger partial charge in [0.2, 0.25) is 5.91 Å². The van der Waals surface area contributed by atoms with Crippen molar-refractivity contribution in [2.45, 2.75) is 23.8 Å². The van der Waals surface area contributed by atoms with Crippen LogP contribution in [0.5, 0.6) is 0 Å². The van der Waals surface area contributed by atoms with Crippen molar-refractivity contribution in [3.05, 3.63) is 90.0 Å². The van der Waals surface area contributed by atoms with E-state index in [2.05, 4.69) is 15.3 Å². The van der Waals surface area contributed by atoms with E-state index in [9.17, 15) is 9.59 Å². The average molecular weight is 471 g/mol. The van der Waals surface area contributed by atoms with Gasteiger partial charge in [0, 0.05) is 30.1 Å². The van der Waals surface area contributed by atoms with Crippen molar-refractivity contribution in [3.8, 4) is 0 Å². The van der Waals surface area contributed by atoms with Gasteiger partial charge in [-0.3, -0.25) is 9.59 Å². The van der Waals surface area contributed by atoms with Gasteiger partial charge in [0.25, 0.3) is 5.91 Å². The first-order valence-corrected chi connectivity index (χ1v) is 12.5. The van der Waals surface area contributed by atoms with Gasteiger partial charge >= 0.3 is 0 Å². The lowest BCUT2D eigenvalue weighted by molar-refractivity contribution is -0.121. The number of carbonyl (C=O) groups excluding carboxylic acids is 2. The van der Waals surface area contributed by atoms with E-state index >= 15 is 0 Å². The number of anilines is 1. The van der Waals surface area contributed by atoms with E-state index < -0.39 is 0 Å². The van der Waals surface area contributed by atoms with Crippen molar-refractivity contribution >= 4 is 40.3 Å². The molecule has 0 bridgehead atoms. The van der Waals surface area contributed by atoms with Crippen LogP contribution >= 0.6 is 11.8 Å². The molecule has 1 atom stereocenters. The number of benzene rings is 3. The zero-order valence-electron chi connectivity index (χ0n) is 18.7. The van der Waals surface area contributed by atoms with Crippen LogP contribution in [0.3, 0.4) is 0 Å². The number of likely N-dealkylation sites (tertiary alicyclic amines) is 1. The largest absolute Gasteiger partial charge is 0.338 e. The molecule has 4 aromatic rings. The van der Waals surface area contributed by atoms with Crippen molar-refractivity contribution < 1.29 is 9.59 Å². The Labute approximate surface area is 202 Å². The molecule has 1 aromatic heterocycles. The van der Waals surface area contributed by atoms with E-state index in [1.165, 1.54) is 0 Å². The number of nitrogens with zero attached hydrogens (tertiary/aromatic N) is 2. The summed E-state index contributed by atoms with van der Waals surface area (Å²) in [6.07, 6.45) is 1.60. The van der Waals surface area contributed by atoms with Gasteiger partial charge in [-0.2, -0.15) is 0 Å². The number of aromatic nitrogens is 2. The summed E-state index contributed by atoms with van der Waals surface area (Å²) in [7, 11) is 0. The van der Waals surface area contributed by atoms with Gasteiger partial charge in [0.05, 0.1) is 17.0 Å². The van der Waals surface area contributed by atoms with Gasteiger partial charge in [-0.25, -0.2) is 4.98 Å². The van der Waals surface area contributed by atoms with E-state index in [-0.39, 0.29) is 17.7 Å². The van der Waals surface area contributed by atoms with Crippen LogP contribution in [0.2, 0.25) is 0 Å². The number of thioether (sulfide) groups is 1. The van der Waals surface area contributed by atoms with Crippen molar-refractivity contribution in [3.63, 3.8) is 0 Å². The van der Waals surface area contributed by atoms with E-state index in [1.807, 2.05) is 83.8 Å². The lowest BCUT2D eigenvalue weighted by Crippen LogP contribution is -2.44. The zero-order chi connectivity index (χ0) is 23.3. The molecule has 1 saturated heterocycles. The standard InChI is InChI=1S/C27H26N4O2S/c32-25(28-21-11-2-1-3-12-21)19-10-8-16-31(17-19)26(33)22-13-5-4-9-20(22)18-34-27-29-23-14-6-7-15-24(23)30-27/h1-7,9,11-15,19H,8,10,16-18H2,(H,28,32)(H,29,30). The number of rotatable bonds is 6. The summed E-state index contributed by atoms with van der Waals surface area (Å²) in [6, 6.07) is 25.1. The molecule has 2 amide bonds. The maximum absolute atomic E-state index is 13.5. The summed E-state index contributed by atoms with van der Waals surface area (Å²) in [6.45, 7) is 1.10. The second-order valence-corrected chi connectivity index (χ2v) is 9.41. The molecule has 1 unspecified atom stereocenters. The molecule has 1 fully saturated rings. The second kappa shape index (κ2) is 10.1. The van der Waals surface area contributed by atoms with Crippen molar-refractivity contribution in [1.29, 1.82) is 0 Å². The Bertz CT molecular complexity index is 1270. The van der Waals surface area contributed by atoms with Crippen LogP contribution in [0, 0.1) is 5.92 Å². The first-order chi connectivity index (χ1) is 16.7. The Hall–Kier alpha value is -3.58. The van der Waals surface area contributed by atoms with Crippen LogP contribution in [-0.2, 0) is 10.5 Å². The highest BCUT2D eigenvalue weighted by Crippen LogP contribution is 2.27. The third-order valence-corrected chi connectivity index (χ3v) is 7.02. The minimum absolute atomic E-state index is 0.0157. The summed E-state index contributed by atoms with van der Waals surface area (Å²) < 4.78 is 0. The third kappa shape index (κ3) is 4.99. The Balaban J connectivity index is 1.26. The highest BCUT2D eigenvalue weighted by Gasteiger charge is 2.29. The first-order valence-electron chi connectivity index (χ1n) is 11.5. The van der Waals surface area contributed by atoms with E-state index in [0.29, 0.717) is 24.4 Å². The third-order valence-electron chi connectivity index (χ3n) is 6.10. The molecule has 34 heavy (non-hydrogen) atoms. The number of aromatic amines is 1. The Kier molecular flexibility index (Phi) is 6.62. The lowest BCUT2D eigenvalue weighted by Gasteiger charge is -2.32. The van der Waals surface area contributed by atoms with Crippen LogP contribution in [0.15, 0.2) is 84.0 Å². The van der Waals surface area contributed by atoms with Crippen LogP contribution in [0.1, 0.15) is 28.8 Å². The molecule has 3 aromatic carbocycles. The molecule has 0 radical (unpaired) electrons. The second-order valence-electron chi connectivity index (χ2n) is 8.45. The molecule has 1 aliphatic heterocycles. The van der Waals surface area contributed by atoms with Gasteiger partial charge in [0.1, 0.15) is 0 Å². The molecule has 0 spiro atoms. The highest BCUT2D eigenvalue weighted by molar-refractivity contribution is 7.98. The zero-order valence-corrected chi connectivity index (χ0v) is 19.6. The SMILES string of the molecule is O=C(Nc1ccccc1)C1CCCN(C(=O)c2ccccc2CSc2nc3ccccc3[nH]2)C1. The van der Waals surface area contributed by atoms with Crippen molar-refractivity contribution in [1.82, 2.24) is 14.9 Å². The number of piperidine rings is 1. The number of hydrogen-bond donors (Lipinski definition) is 2. The van der Waals surface area contributed by atoms with E-state index in [4.69, 9.17) is 0 Å². The molecule has 0 aliphatic carbocycles. The number of hydrogen-bond acceptors (Lipinski definition) is 4. The fourth-order valence-electron chi connectivity index (χ4n) is 4.31. The molecular formula is C27H26N4O2S. The molecule has 7 heteroatoms. The molecule has 1 aliphatic rings. The summed E-state index contributed by atoms with van der Waals surface area (Å²) >= 11 is 1.58. The van der Waals surface area contributed by atoms with Gasteiger partial charge in [-0.05, 0) is 48.7 Å². The number of imidazole rings is 1. The summed E-state index contributed by atoms with van der Waals surface area (Å²) in [5.74, 6) is 0.374. The topological polar surface area (TPSA) is 78.1 Å². The smallest absolute Gasteiger partial charge is 0.254 e.